The SMILES string of the molecule is O=S(=O)(F)c1ccc(-n2cc(CCNC3CCCC3)nn2)cc1. The van der Waals surface area contributed by atoms with Crippen molar-refractivity contribution in [1.82, 2.24) is 20.3 Å². The van der Waals surface area contributed by atoms with Gasteiger partial charge in [0.15, 0.2) is 0 Å². The molecule has 0 spiro atoms. The molecule has 2 aromatic rings. The highest BCUT2D eigenvalue weighted by Crippen LogP contribution is 2.17. The molecular formula is C15H19FN4O2S. The number of benzene rings is 1. The summed E-state index contributed by atoms with van der Waals surface area (Å²) in [5.41, 5.74) is 1.50. The lowest BCUT2D eigenvalue weighted by atomic mass is 10.2. The maximum atomic E-state index is 12.9. The molecule has 1 aliphatic carbocycles. The molecule has 23 heavy (non-hydrogen) atoms. The maximum Gasteiger partial charge on any atom is 0.332 e. The van der Waals surface area contributed by atoms with Crippen molar-refractivity contribution in [3.05, 3.63) is 36.2 Å². The Morgan fingerprint density at radius 1 is 1.22 bits per heavy atom. The molecule has 0 radical (unpaired) electrons. The highest BCUT2D eigenvalue weighted by Gasteiger charge is 2.14. The minimum absolute atomic E-state index is 0.359. The van der Waals surface area contributed by atoms with Gasteiger partial charge in [0.25, 0.3) is 0 Å². The summed E-state index contributed by atoms with van der Waals surface area (Å²) in [4.78, 5) is -0.359. The number of hydrogen-bond donors (Lipinski definition) is 1. The van der Waals surface area contributed by atoms with E-state index >= 15 is 0 Å². The largest absolute Gasteiger partial charge is 0.332 e. The second-order valence-electron chi connectivity index (χ2n) is 5.77. The van der Waals surface area contributed by atoms with E-state index in [-0.39, 0.29) is 4.90 Å². The van der Waals surface area contributed by atoms with Crippen molar-refractivity contribution < 1.29 is 12.3 Å². The van der Waals surface area contributed by atoms with Crippen LogP contribution in [0.5, 0.6) is 0 Å². The predicted octanol–water partition coefficient (Wildman–Crippen LogP) is 2.00. The van der Waals surface area contributed by atoms with Gasteiger partial charge in [-0.05, 0) is 37.1 Å². The third kappa shape index (κ3) is 4.14. The standard InChI is InChI=1S/C15H19FN4O2S/c16-23(21,22)15-7-5-14(6-8-15)20-11-13(18-19-20)9-10-17-12-3-1-2-4-12/h5-8,11-12,17H,1-4,9-10H2. The monoisotopic (exact) mass is 338 g/mol. The Hall–Kier alpha value is -1.80. The van der Waals surface area contributed by atoms with E-state index in [1.807, 2.05) is 0 Å². The van der Waals surface area contributed by atoms with Gasteiger partial charge >= 0.3 is 10.2 Å². The molecule has 0 bridgehead atoms. The smallest absolute Gasteiger partial charge is 0.314 e. The first kappa shape index (κ1) is 16.1. The molecule has 0 amide bonds. The normalized spacial score (nSPS) is 16.0. The van der Waals surface area contributed by atoms with Gasteiger partial charge < -0.3 is 5.32 Å². The Balaban J connectivity index is 1.60. The van der Waals surface area contributed by atoms with E-state index in [1.165, 1.54) is 49.9 Å². The Labute approximate surface area is 134 Å². The summed E-state index contributed by atoms with van der Waals surface area (Å²) in [5.74, 6) is 0. The molecule has 6 nitrogen and oxygen atoms in total. The van der Waals surface area contributed by atoms with Crippen LogP contribution in [0.2, 0.25) is 0 Å². The molecule has 1 N–H and O–H groups in total. The zero-order valence-corrected chi connectivity index (χ0v) is 13.5. The van der Waals surface area contributed by atoms with Crippen LogP contribution in [0.1, 0.15) is 31.4 Å². The van der Waals surface area contributed by atoms with Crippen molar-refractivity contribution in [2.24, 2.45) is 0 Å². The Bertz CT molecular complexity index is 752. The molecule has 0 atom stereocenters. The zero-order valence-electron chi connectivity index (χ0n) is 12.7. The van der Waals surface area contributed by atoms with Crippen molar-refractivity contribution in [3.63, 3.8) is 0 Å². The van der Waals surface area contributed by atoms with Crippen LogP contribution in [0.3, 0.4) is 0 Å². The van der Waals surface area contributed by atoms with E-state index < -0.39 is 10.2 Å². The van der Waals surface area contributed by atoms with Gasteiger partial charge in [-0.25, -0.2) is 4.68 Å². The van der Waals surface area contributed by atoms with Gasteiger partial charge in [-0.3, -0.25) is 0 Å². The first-order valence-electron chi connectivity index (χ1n) is 7.72. The average molecular weight is 338 g/mol. The Morgan fingerprint density at radius 3 is 2.57 bits per heavy atom. The molecule has 1 fully saturated rings. The molecule has 1 aromatic heterocycles. The van der Waals surface area contributed by atoms with Gasteiger partial charge in [-0.15, -0.1) is 8.98 Å². The van der Waals surface area contributed by atoms with Crippen molar-refractivity contribution >= 4 is 10.2 Å². The van der Waals surface area contributed by atoms with Crippen molar-refractivity contribution in [2.45, 2.75) is 43.0 Å². The zero-order chi connectivity index (χ0) is 16.3. The fourth-order valence-corrected chi connectivity index (χ4v) is 3.30. The van der Waals surface area contributed by atoms with E-state index in [9.17, 15) is 12.3 Å². The topological polar surface area (TPSA) is 76.9 Å². The molecular weight excluding hydrogens is 319 g/mol. The minimum Gasteiger partial charge on any atom is -0.314 e. The summed E-state index contributed by atoms with van der Waals surface area (Å²) in [6.45, 7) is 0.863. The van der Waals surface area contributed by atoms with E-state index in [2.05, 4.69) is 15.6 Å². The maximum absolute atomic E-state index is 12.9. The van der Waals surface area contributed by atoms with Crippen LogP contribution in [-0.2, 0) is 16.6 Å². The molecule has 0 unspecified atom stereocenters. The van der Waals surface area contributed by atoms with E-state index in [1.54, 1.807) is 10.9 Å². The highest BCUT2D eigenvalue weighted by molar-refractivity contribution is 7.86. The molecule has 1 aromatic carbocycles. The van der Waals surface area contributed by atoms with Crippen LogP contribution in [0, 0.1) is 0 Å². The Morgan fingerprint density at radius 2 is 1.91 bits per heavy atom. The summed E-state index contributed by atoms with van der Waals surface area (Å²) in [5, 5.41) is 11.7. The second kappa shape index (κ2) is 6.76. The molecule has 8 heteroatoms. The van der Waals surface area contributed by atoms with E-state index in [0.29, 0.717) is 11.7 Å². The lowest BCUT2D eigenvalue weighted by Gasteiger charge is -2.09. The van der Waals surface area contributed by atoms with Crippen LogP contribution in [0.4, 0.5) is 3.89 Å². The third-order valence-corrected chi connectivity index (χ3v) is 4.93. The van der Waals surface area contributed by atoms with Gasteiger partial charge in [-0.1, -0.05) is 18.1 Å². The van der Waals surface area contributed by atoms with Crippen LogP contribution in [0.25, 0.3) is 5.69 Å². The minimum atomic E-state index is -4.67. The van der Waals surface area contributed by atoms with Crippen LogP contribution in [-0.4, -0.2) is 36.0 Å². The summed E-state index contributed by atoms with van der Waals surface area (Å²) < 4.78 is 36.0. The summed E-state index contributed by atoms with van der Waals surface area (Å²) >= 11 is 0. The van der Waals surface area contributed by atoms with Crippen LogP contribution < -0.4 is 5.32 Å². The predicted molar refractivity (Wildman–Crippen MR) is 83.6 cm³/mol. The first-order chi connectivity index (χ1) is 11.0. The van der Waals surface area contributed by atoms with Gasteiger partial charge in [-0.2, -0.15) is 8.42 Å². The summed E-state index contributed by atoms with van der Waals surface area (Å²) in [6.07, 6.45) is 7.69. The third-order valence-electron chi connectivity index (χ3n) is 4.09. The number of hydrogen-bond acceptors (Lipinski definition) is 5. The average Bonchev–Trinajstić information content (AvgIpc) is 3.18. The molecule has 3 rings (SSSR count). The molecule has 124 valence electrons. The number of rotatable bonds is 6. The lowest BCUT2D eigenvalue weighted by Crippen LogP contribution is -2.28. The number of halogens is 1. The fraction of sp³-hybridized carbons (Fsp3) is 0.467. The van der Waals surface area contributed by atoms with Gasteiger partial charge in [0.05, 0.1) is 22.5 Å². The van der Waals surface area contributed by atoms with Crippen molar-refractivity contribution in [3.8, 4) is 5.69 Å². The molecule has 0 aliphatic heterocycles. The first-order valence-corrected chi connectivity index (χ1v) is 9.10. The highest BCUT2D eigenvalue weighted by atomic mass is 32.3. The Kier molecular flexibility index (Phi) is 4.72. The second-order valence-corrected chi connectivity index (χ2v) is 7.12. The van der Waals surface area contributed by atoms with Crippen molar-refractivity contribution in [1.29, 1.82) is 0 Å². The van der Waals surface area contributed by atoms with E-state index in [4.69, 9.17) is 0 Å². The molecule has 1 heterocycles. The van der Waals surface area contributed by atoms with E-state index in [0.717, 1.165) is 18.7 Å². The molecule has 0 saturated heterocycles. The van der Waals surface area contributed by atoms with Gasteiger partial charge in [0.2, 0.25) is 0 Å². The van der Waals surface area contributed by atoms with Gasteiger partial charge in [0, 0.05) is 19.0 Å². The van der Waals surface area contributed by atoms with Crippen LogP contribution in [0.15, 0.2) is 35.4 Å². The fourth-order valence-electron chi connectivity index (χ4n) is 2.83. The summed E-state index contributed by atoms with van der Waals surface area (Å²) in [7, 11) is -4.67. The van der Waals surface area contributed by atoms with Gasteiger partial charge in [0.1, 0.15) is 0 Å². The van der Waals surface area contributed by atoms with Crippen molar-refractivity contribution in [2.75, 3.05) is 6.54 Å². The number of nitrogens with one attached hydrogen (secondary N) is 1. The van der Waals surface area contributed by atoms with Crippen LogP contribution >= 0.6 is 0 Å². The number of nitrogens with zero attached hydrogens (tertiary/aromatic N) is 3. The lowest BCUT2D eigenvalue weighted by molar-refractivity contribution is 0.525. The molecule has 1 aliphatic rings. The number of aromatic nitrogens is 3. The summed E-state index contributed by atoms with van der Waals surface area (Å²) in [6, 6.07) is 6.06. The quantitative estimate of drug-likeness (QED) is 0.815. The molecule has 1 saturated carbocycles.